The molecule has 20 heavy (non-hydrogen) atoms. The number of carbonyl (C=O) groups excluding carboxylic acids is 1. The molecule has 8 heteroatoms. The summed E-state index contributed by atoms with van der Waals surface area (Å²) in [6.07, 6.45) is -2.83. The van der Waals surface area contributed by atoms with Gasteiger partial charge in [-0.25, -0.2) is 0 Å². The molecule has 0 bridgehead atoms. The maximum atomic E-state index is 12.3. The number of amides is 1. The Balaban J connectivity index is 2.55. The number of alkyl halides is 3. The van der Waals surface area contributed by atoms with Crippen molar-refractivity contribution in [3.63, 3.8) is 0 Å². The van der Waals surface area contributed by atoms with Gasteiger partial charge >= 0.3 is 6.18 Å². The fourth-order valence-electron chi connectivity index (χ4n) is 1.77. The van der Waals surface area contributed by atoms with Gasteiger partial charge in [-0.15, -0.1) is 0 Å². The lowest BCUT2D eigenvalue weighted by Crippen LogP contribution is -2.40. The Hall–Kier alpha value is -1.57. The minimum Gasteiger partial charge on any atom is -0.394 e. The second kappa shape index (κ2) is 6.74. The molecular weight excluding hydrogens is 275 g/mol. The molecule has 0 saturated heterocycles. The quantitative estimate of drug-likeness (QED) is 0.833. The molecule has 1 aromatic rings. The predicted molar refractivity (Wildman–Crippen MR) is 65.7 cm³/mol. The van der Waals surface area contributed by atoms with E-state index in [0.29, 0.717) is 6.42 Å². The van der Waals surface area contributed by atoms with Crippen molar-refractivity contribution in [1.82, 2.24) is 15.1 Å². The van der Waals surface area contributed by atoms with Crippen LogP contribution in [-0.4, -0.2) is 33.4 Å². The lowest BCUT2D eigenvalue weighted by atomic mass is 10.0. The first-order chi connectivity index (χ1) is 9.22. The maximum Gasteiger partial charge on any atom is 0.435 e. The predicted octanol–water partition coefficient (Wildman–Crippen LogP) is 1.43. The summed E-state index contributed by atoms with van der Waals surface area (Å²) in [4.78, 5) is 11.7. The third-order valence-corrected chi connectivity index (χ3v) is 2.58. The number of hydrogen-bond donors (Lipinski definition) is 2. The highest BCUT2D eigenvalue weighted by molar-refractivity contribution is 5.75. The highest BCUT2D eigenvalue weighted by atomic mass is 19.4. The van der Waals surface area contributed by atoms with E-state index in [1.807, 2.05) is 13.8 Å². The average molecular weight is 293 g/mol. The first-order valence-electron chi connectivity index (χ1n) is 6.23. The Labute approximate surface area is 114 Å². The third-order valence-electron chi connectivity index (χ3n) is 2.58. The smallest absolute Gasteiger partial charge is 0.394 e. The molecule has 1 amide bonds. The van der Waals surface area contributed by atoms with Gasteiger partial charge in [0.05, 0.1) is 12.6 Å². The average Bonchev–Trinajstić information content (AvgIpc) is 2.75. The highest BCUT2D eigenvalue weighted by Crippen LogP contribution is 2.27. The zero-order chi connectivity index (χ0) is 15.3. The third kappa shape index (κ3) is 5.20. The molecule has 1 heterocycles. The molecule has 0 aliphatic rings. The van der Waals surface area contributed by atoms with Crippen molar-refractivity contribution in [2.24, 2.45) is 5.92 Å². The zero-order valence-corrected chi connectivity index (χ0v) is 11.3. The first-order valence-corrected chi connectivity index (χ1v) is 6.23. The summed E-state index contributed by atoms with van der Waals surface area (Å²) in [6, 6.07) is 0.408. The number of hydrogen-bond acceptors (Lipinski definition) is 3. The second-order valence-corrected chi connectivity index (χ2v) is 4.97. The molecule has 114 valence electrons. The summed E-state index contributed by atoms with van der Waals surface area (Å²) in [7, 11) is 0. The van der Waals surface area contributed by atoms with Gasteiger partial charge in [0.25, 0.3) is 0 Å². The number of aromatic nitrogens is 2. The molecule has 2 N–H and O–H groups in total. The Bertz CT molecular complexity index is 443. The molecule has 0 aliphatic carbocycles. The number of carbonyl (C=O) groups is 1. The van der Waals surface area contributed by atoms with E-state index in [2.05, 4.69) is 10.4 Å². The van der Waals surface area contributed by atoms with Crippen molar-refractivity contribution in [2.45, 2.75) is 39.0 Å². The van der Waals surface area contributed by atoms with Gasteiger partial charge in [-0.3, -0.25) is 9.48 Å². The molecule has 1 unspecified atom stereocenters. The number of aliphatic hydroxyl groups is 1. The fraction of sp³-hybridized carbons (Fsp3) is 0.667. The summed E-state index contributed by atoms with van der Waals surface area (Å²) in [5.41, 5.74) is -1.04. The van der Waals surface area contributed by atoms with Gasteiger partial charge in [0, 0.05) is 6.20 Å². The SMILES string of the molecule is CC(C)CC(CO)NC(=O)Cn1ccc(C(F)(F)F)n1. The Morgan fingerprint density at radius 1 is 1.50 bits per heavy atom. The Kier molecular flexibility index (Phi) is 5.55. The Morgan fingerprint density at radius 2 is 2.15 bits per heavy atom. The van der Waals surface area contributed by atoms with Gasteiger partial charge in [-0.1, -0.05) is 13.8 Å². The van der Waals surface area contributed by atoms with Gasteiger partial charge in [-0.2, -0.15) is 18.3 Å². The van der Waals surface area contributed by atoms with Gasteiger partial charge < -0.3 is 10.4 Å². The molecule has 0 fully saturated rings. The van der Waals surface area contributed by atoms with Gasteiger partial charge in [-0.05, 0) is 18.4 Å². The molecule has 0 spiro atoms. The normalized spacial score (nSPS) is 13.6. The molecule has 1 atom stereocenters. The van der Waals surface area contributed by atoms with Crippen LogP contribution in [0.1, 0.15) is 26.0 Å². The minimum atomic E-state index is -4.52. The van der Waals surface area contributed by atoms with Crippen LogP contribution in [0.4, 0.5) is 13.2 Å². The summed E-state index contributed by atoms with van der Waals surface area (Å²) >= 11 is 0. The van der Waals surface area contributed by atoms with Crippen LogP contribution in [-0.2, 0) is 17.5 Å². The van der Waals surface area contributed by atoms with E-state index in [0.717, 1.165) is 16.9 Å². The standard InChI is InChI=1S/C12H18F3N3O2/c1-8(2)5-9(7-19)16-11(20)6-18-4-3-10(17-18)12(13,14)15/h3-4,8-9,19H,5-7H2,1-2H3,(H,16,20). The van der Waals surface area contributed by atoms with E-state index < -0.39 is 23.8 Å². The highest BCUT2D eigenvalue weighted by Gasteiger charge is 2.33. The monoisotopic (exact) mass is 293 g/mol. The van der Waals surface area contributed by atoms with Crippen LogP contribution >= 0.6 is 0 Å². The van der Waals surface area contributed by atoms with E-state index in [9.17, 15) is 18.0 Å². The van der Waals surface area contributed by atoms with Gasteiger partial charge in [0.1, 0.15) is 6.54 Å². The van der Waals surface area contributed by atoms with Crippen molar-refractivity contribution < 1.29 is 23.1 Å². The summed E-state index contributed by atoms with van der Waals surface area (Å²) in [5.74, 6) is -0.199. The van der Waals surface area contributed by atoms with Gasteiger partial charge in [0.15, 0.2) is 5.69 Å². The number of aliphatic hydroxyl groups excluding tert-OH is 1. The molecule has 0 radical (unpaired) electrons. The molecule has 0 aliphatic heterocycles. The number of halogens is 3. The molecule has 1 rings (SSSR count). The van der Waals surface area contributed by atoms with Crippen LogP contribution in [0, 0.1) is 5.92 Å². The lowest BCUT2D eigenvalue weighted by molar-refractivity contribution is -0.141. The van der Waals surface area contributed by atoms with E-state index >= 15 is 0 Å². The molecule has 0 saturated carbocycles. The minimum absolute atomic E-state index is 0.211. The van der Waals surface area contributed by atoms with E-state index in [1.54, 1.807) is 0 Å². The van der Waals surface area contributed by atoms with Crippen LogP contribution in [0.5, 0.6) is 0 Å². The second-order valence-electron chi connectivity index (χ2n) is 4.97. The zero-order valence-electron chi connectivity index (χ0n) is 11.3. The van der Waals surface area contributed by atoms with Crippen LogP contribution in [0.15, 0.2) is 12.3 Å². The Morgan fingerprint density at radius 3 is 2.60 bits per heavy atom. The van der Waals surface area contributed by atoms with Crippen LogP contribution in [0.2, 0.25) is 0 Å². The molecule has 1 aromatic heterocycles. The summed E-state index contributed by atoms with van der Waals surface area (Å²) in [5, 5.41) is 15.0. The van der Waals surface area contributed by atoms with Crippen molar-refractivity contribution in [3.05, 3.63) is 18.0 Å². The van der Waals surface area contributed by atoms with Crippen molar-refractivity contribution in [1.29, 1.82) is 0 Å². The van der Waals surface area contributed by atoms with Crippen LogP contribution in [0.3, 0.4) is 0 Å². The number of rotatable bonds is 6. The topological polar surface area (TPSA) is 67.2 Å². The largest absolute Gasteiger partial charge is 0.435 e. The van der Waals surface area contributed by atoms with Gasteiger partial charge in [0.2, 0.25) is 5.91 Å². The van der Waals surface area contributed by atoms with E-state index in [4.69, 9.17) is 5.11 Å². The van der Waals surface area contributed by atoms with Crippen molar-refractivity contribution in [2.75, 3.05) is 6.61 Å². The van der Waals surface area contributed by atoms with Crippen LogP contribution < -0.4 is 5.32 Å². The van der Waals surface area contributed by atoms with Crippen molar-refractivity contribution >= 4 is 5.91 Å². The first kappa shape index (κ1) is 16.5. The summed E-state index contributed by atoms with van der Waals surface area (Å²) in [6.45, 7) is 3.36. The fourth-order valence-corrected chi connectivity index (χ4v) is 1.77. The lowest BCUT2D eigenvalue weighted by Gasteiger charge is -2.18. The maximum absolute atomic E-state index is 12.3. The number of nitrogens with zero attached hydrogens (tertiary/aromatic N) is 2. The van der Waals surface area contributed by atoms with Crippen LogP contribution in [0.25, 0.3) is 0 Å². The summed E-state index contributed by atoms with van der Waals surface area (Å²) < 4.78 is 37.9. The van der Waals surface area contributed by atoms with Crippen molar-refractivity contribution in [3.8, 4) is 0 Å². The molecular formula is C12H18F3N3O2. The molecule has 5 nitrogen and oxygen atoms in total. The number of nitrogens with one attached hydrogen (secondary N) is 1. The van der Waals surface area contributed by atoms with E-state index in [-0.39, 0.29) is 19.1 Å². The molecule has 0 aromatic carbocycles. The van der Waals surface area contributed by atoms with E-state index in [1.165, 1.54) is 0 Å².